The van der Waals surface area contributed by atoms with Crippen molar-refractivity contribution in [1.29, 1.82) is 0 Å². The highest BCUT2D eigenvalue weighted by Gasteiger charge is 2.23. The van der Waals surface area contributed by atoms with Gasteiger partial charge in [0.1, 0.15) is 16.7 Å². The second kappa shape index (κ2) is 6.57. The van der Waals surface area contributed by atoms with Crippen molar-refractivity contribution in [3.63, 3.8) is 0 Å². The third kappa shape index (κ3) is 2.99. The number of anilines is 1. The SMILES string of the molecule is Cc1cc(F)ccc1Cc1cnc2n1CCN(c1cn[nH]c(=O)c1Cl)C2. The van der Waals surface area contributed by atoms with E-state index in [0.29, 0.717) is 25.2 Å². The number of aromatic nitrogens is 4. The molecule has 1 aliphatic rings. The zero-order valence-corrected chi connectivity index (χ0v) is 14.9. The summed E-state index contributed by atoms with van der Waals surface area (Å²) in [5.41, 5.74) is 3.31. The maximum absolute atomic E-state index is 13.3. The molecule has 1 aromatic carbocycles. The lowest BCUT2D eigenvalue weighted by atomic mass is 10.0. The van der Waals surface area contributed by atoms with Crippen LogP contribution in [0.25, 0.3) is 0 Å². The first-order chi connectivity index (χ1) is 12.5. The topological polar surface area (TPSA) is 66.8 Å². The summed E-state index contributed by atoms with van der Waals surface area (Å²) in [7, 11) is 0. The molecule has 6 nitrogen and oxygen atoms in total. The highest BCUT2D eigenvalue weighted by molar-refractivity contribution is 6.32. The third-order valence-electron chi connectivity index (χ3n) is 4.74. The van der Waals surface area contributed by atoms with Crippen LogP contribution >= 0.6 is 11.6 Å². The van der Waals surface area contributed by atoms with Crippen molar-refractivity contribution in [1.82, 2.24) is 19.7 Å². The van der Waals surface area contributed by atoms with Gasteiger partial charge in [0.2, 0.25) is 0 Å². The number of hydrogen-bond donors (Lipinski definition) is 1. The van der Waals surface area contributed by atoms with E-state index in [-0.39, 0.29) is 10.8 Å². The number of hydrogen-bond acceptors (Lipinski definition) is 4. The molecule has 8 heteroatoms. The van der Waals surface area contributed by atoms with E-state index in [9.17, 15) is 9.18 Å². The minimum Gasteiger partial charge on any atom is -0.360 e. The van der Waals surface area contributed by atoms with Crippen molar-refractivity contribution in [2.75, 3.05) is 11.4 Å². The Labute approximate surface area is 154 Å². The Morgan fingerprint density at radius 3 is 2.96 bits per heavy atom. The van der Waals surface area contributed by atoms with Crippen molar-refractivity contribution in [2.24, 2.45) is 0 Å². The summed E-state index contributed by atoms with van der Waals surface area (Å²) in [6, 6.07) is 4.85. The first-order valence-corrected chi connectivity index (χ1v) is 8.67. The lowest BCUT2D eigenvalue weighted by Gasteiger charge is -2.30. The van der Waals surface area contributed by atoms with Gasteiger partial charge in [-0.25, -0.2) is 14.5 Å². The third-order valence-corrected chi connectivity index (χ3v) is 5.11. The van der Waals surface area contributed by atoms with Crippen LogP contribution in [0.3, 0.4) is 0 Å². The van der Waals surface area contributed by atoms with E-state index in [1.54, 1.807) is 12.3 Å². The van der Waals surface area contributed by atoms with Gasteiger partial charge >= 0.3 is 0 Å². The van der Waals surface area contributed by atoms with Crippen molar-refractivity contribution in [2.45, 2.75) is 26.4 Å². The van der Waals surface area contributed by atoms with Gasteiger partial charge in [0.25, 0.3) is 5.56 Å². The van der Waals surface area contributed by atoms with Crippen molar-refractivity contribution < 1.29 is 4.39 Å². The monoisotopic (exact) mass is 373 g/mol. The zero-order chi connectivity index (χ0) is 18.3. The number of aromatic amines is 1. The molecular formula is C18H17ClFN5O. The van der Waals surface area contributed by atoms with Gasteiger partial charge in [-0.1, -0.05) is 17.7 Å². The second-order valence-corrected chi connectivity index (χ2v) is 6.76. The molecule has 26 heavy (non-hydrogen) atoms. The molecule has 1 N–H and O–H groups in total. The molecule has 0 atom stereocenters. The van der Waals surface area contributed by atoms with E-state index in [4.69, 9.17) is 11.6 Å². The van der Waals surface area contributed by atoms with Crippen LogP contribution in [0.4, 0.5) is 10.1 Å². The molecule has 1 aliphatic heterocycles. The predicted molar refractivity (Wildman–Crippen MR) is 97.1 cm³/mol. The van der Waals surface area contributed by atoms with Gasteiger partial charge in [0.05, 0.1) is 18.4 Å². The van der Waals surface area contributed by atoms with Gasteiger partial charge in [-0.2, -0.15) is 5.10 Å². The van der Waals surface area contributed by atoms with E-state index < -0.39 is 5.56 Å². The Kier molecular flexibility index (Phi) is 4.24. The molecule has 0 unspecified atom stereocenters. The van der Waals surface area contributed by atoms with Crippen molar-refractivity contribution in [3.05, 3.63) is 74.4 Å². The molecule has 3 heterocycles. The number of H-pyrrole nitrogens is 1. The number of fused-ring (bicyclic) bond motifs is 1. The molecule has 0 amide bonds. The number of imidazole rings is 1. The number of benzene rings is 1. The lowest BCUT2D eigenvalue weighted by molar-refractivity contribution is 0.546. The van der Waals surface area contributed by atoms with Gasteiger partial charge in [0, 0.05) is 31.4 Å². The van der Waals surface area contributed by atoms with Gasteiger partial charge in [-0.15, -0.1) is 0 Å². The largest absolute Gasteiger partial charge is 0.360 e. The van der Waals surface area contributed by atoms with Gasteiger partial charge in [0.15, 0.2) is 0 Å². The molecule has 0 bridgehead atoms. The fraction of sp³-hybridized carbons (Fsp3) is 0.278. The zero-order valence-electron chi connectivity index (χ0n) is 14.2. The summed E-state index contributed by atoms with van der Waals surface area (Å²) in [6.45, 7) is 3.89. The van der Waals surface area contributed by atoms with E-state index >= 15 is 0 Å². The number of aryl methyl sites for hydroxylation is 1. The fourth-order valence-corrected chi connectivity index (χ4v) is 3.53. The number of nitrogens with one attached hydrogen (secondary N) is 1. The smallest absolute Gasteiger partial charge is 0.285 e. The van der Waals surface area contributed by atoms with Gasteiger partial charge in [-0.05, 0) is 30.2 Å². The number of halogens is 2. The molecular weight excluding hydrogens is 357 g/mol. The van der Waals surface area contributed by atoms with Crippen molar-refractivity contribution in [3.8, 4) is 0 Å². The predicted octanol–water partition coefficient (Wildman–Crippen LogP) is 2.68. The molecule has 2 aromatic heterocycles. The summed E-state index contributed by atoms with van der Waals surface area (Å²) < 4.78 is 15.5. The Hall–Kier alpha value is -2.67. The molecule has 4 rings (SSSR count). The Morgan fingerprint density at radius 2 is 2.15 bits per heavy atom. The summed E-state index contributed by atoms with van der Waals surface area (Å²) >= 11 is 6.11. The van der Waals surface area contributed by atoms with Crippen LogP contribution in [0.5, 0.6) is 0 Å². The quantitative estimate of drug-likeness (QED) is 0.766. The Morgan fingerprint density at radius 1 is 1.31 bits per heavy atom. The van der Waals surface area contributed by atoms with Gasteiger partial charge < -0.3 is 9.47 Å². The van der Waals surface area contributed by atoms with Gasteiger partial charge in [-0.3, -0.25) is 4.79 Å². The molecule has 0 spiro atoms. The summed E-state index contributed by atoms with van der Waals surface area (Å²) in [5, 5.41) is 6.30. The first-order valence-electron chi connectivity index (χ1n) is 8.29. The average molecular weight is 374 g/mol. The molecule has 0 fully saturated rings. The molecule has 0 aliphatic carbocycles. The molecule has 0 radical (unpaired) electrons. The van der Waals surface area contributed by atoms with Crippen LogP contribution in [0.15, 0.2) is 35.4 Å². The summed E-state index contributed by atoms with van der Waals surface area (Å²) in [4.78, 5) is 18.2. The van der Waals surface area contributed by atoms with E-state index in [1.165, 1.54) is 6.07 Å². The van der Waals surface area contributed by atoms with Crippen LogP contribution in [-0.2, 0) is 19.5 Å². The van der Waals surface area contributed by atoms with Crippen molar-refractivity contribution >= 4 is 17.3 Å². The highest BCUT2D eigenvalue weighted by Crippen LogP contribution is 2.26. The minimum absolute atomic E-state index is 0.141. The molecule has 3 aromatic rings. The fourth-order valence-electron chi connectivity index (χ4n) is 3.32. The van der Waals surface area contributed by atoms with Crippen LogP contribution in [0.2, 0.25) is 5.02 Å². The summed E-state index contributed by atoms with van der Waals surface area (Å²) in [5.74, 6) is 0.683. The van der Waals surface area contributed by atoms with E-state index in [0.717, 1.165) is 29.2 Å². The highest BCUT2D eigenvalue weighted by atomic mass is 35.5. The van der Waals surface area contributed by atoms with Crippen LogP contribution in [-0.4, -0.2) is 26.3 Å². The van der Waals surface area contributed by atoms with Crippen LogP contribution in [0, 0.1) is 12.7 Å². The molecule has 0 saturated carbocycles. The average Bonchev–Trinajstić information content (AvgIpc) is 3.02. The first kappa shape index (κ1) is 16.8. The molecule has 134 valence electrons. The standard InChI is InChI=1S/C18H17ClFN5O/c1-11-6-13(20)3-2-12(11)7-14-8-21-16-10-24(4-5-25(14)16)15-9-22-23-18(26)17(15)19/h2-3,6,8-9H,4-5,7,10H2,1H3,(H,23,26). The maximum atomic E-state index is 13.3. The summed E-state index contributed by atoms with van der Waals surface area (Å²) in [6.07, 6.45) is 4.12. The maximum Gasteiger partial charge on any atom is 0.285 e. The number of nitrogens with zero attached hydrogens (tertiary/aromatic N) is 4. The number of rotatable bonds is 3. The Bertz CT molecular complexity index is 1030. The minimum atomic E-state index is -0.398. The van der Waals surface area contributed by atoms with Crippen LogP contribution < -0.4 is 10.5 Å². The normalized spacial score (nSPS) is 13.7. The lowest BCUT2D eigenvalue weighted by Crippen LogP contribution is -2.35. The van der Waals surface area contributed by atoms with E-state index in [2.05, 4.69) is 19.7 Å². The molecule has 0 saturated heterocycles. The Balaban J connectivity index is 1.59. The van der Waals surface area contributed by atoms with Crippen LogP contribution in [0.1, 0.15) is 22.6 Å². The van der Waals surface area contributed by atoms with E-state index in [1.807, 2.05) is 24.1 Å². The second-order valence-electron chi connectivity index (χ2n) is 6.38.